The molecule has 0 N–H and O–H groups in total. The van der Waals surface area contributed by atoms with E-state index in [4.69, 9.17) is 32.5 Å². The molecule has 19 heavy (non-hydrogen) atoms. The van der Waals surface area contributed by atoms with Crippen LogP contribution in [0.1, 0.15) is 12.8 Å². The van der Waals surface area contributed by atoms with Crippen molar-refractivity contribution in [3.8, 4) is 11.4 Å². The molecule has 0 spiro atoms. The molecule has 0 fully saturated rings. The lowest BCUT2D eigenvalue weighted by Crippen LogP contribution is -2.07. The predicted molar refractivity (Wildman–Crippen MR) is 70.1 cm³/mol. The molecule has 0 unspecified atom stereocenters. The summed E-state index contributed by atoms with van der Waals surface area (Å²) in [6.07, 6.45) is -0.0604. The molecule has 1 heterocycles. The first-order chi connectivity index (χ1) is 9.08. The Morgan fingerprint density at radius 3 is 2.63 bits per heavy atom. The molecular weight excluding hydrogens is 291 g/mol. The second-order valence-corrected chi connectivity index (χ2v) is 4.52. The minimum atomic E-state index is -0.415. The summed E-state index contributed by atoms with van der Waals surface area (Å²) < 4.78 is 9.76. The Hall–Kier alpha value is -1.59. The van der Waals surface area contributed by atoms with Crippen molar-refractivity contribution >= 4 is 29.2 Å². The molecule has 7 heteroatoms. The molecule has 1 aromatic heterocycles. The first kappa shape index (κ1) is 13.8. The van der Waals surface area contributed by atoms with Crippen LogP contribution in [-0.2, 0) is 16.0 Å². The number of hydrogen-bond acceptors (Lipinski definition) is 5. The fourth-order valence-corrected chi connectivity index (χ4v) is 1.99. The van der Waals surface area contributed by atoms with E-state index in [-0.39, 0.29) is 12.3 Å². The highest BCUT2D eigenvalue weighted by Crippen LogP contribution is 2.25. The van der Waals surface area contributed by atoms with Gasteiger partial charge in [-0.2, -0.15) is 4.98 Å². The van der Waals surface area contributed by atoms with Gasteiger partial charge in [0.1, 0.15) is 6.42 Å². The van der Waals surface area contributed by atoms with Crippen LogP contribution in [-0.4, -0.2) is 22.7 Å². The highest BCUT2D eigenvalue weighted by atomic mass is 35.5. The van der Waals surface area contributed by atoms with Crippen LogP contribution in [0.5, 0.6) is 0 Å². The first-order valence-electron chi connectivity index (χ1n) is 5.53. The average Bonchev–Trinajstić information content (AvgIpc) is 2.76. The number of carbonyl (C=O) groups is 1. The van der Waals surface area contributed by atoms with E-state index in [1.807, 2.05) is 0 Å². The predicted octanol–water partition coefficient (Wildman–Crippen LogP) is 3.15. The summed E-state index contributed by atoms with van der Waals surface area (Å²) in [6, 6.07) is 4.92. The third-order valence-corrected chi connectivity index (χ3v) is 2.63. The Morgan fingerprint density at radius 1 is 1.32 bits per heavy atom. The lowest BCUT2D eigenvalue weighted by molar-refractivity contribution is -0.142. The minimum absolute atomic E-state index is 0.0604. The van der Waals surface area contributed by atoms with Crippen molar-refractivity contribution < 1.29 is 14.1 Å². The van der Waals surface area contributed by atoms with Crippen molar-refractivity contribution in [2.24, 2.45) is 0 Å². The van der Waals surface area contributed by atoms with Crippen molar-refractivity contribution in [3.63, 3.8) is 0 Å². The summed E-state index contributed by atoms with van der Waals surface area (Å²) in [7, 11) is 0. The zero-order valence-electron chi connectivity index (χ0n) is 10.0. The molecule has 0 aliphatic rings. The molecule has 0 radical (unpaired) electrons. The van der Waals surface area contributed by atoms with Gasteiger partial charge in [0.2, 0.25) is 11.7 Å². The number of aromatic nitrogens is 2. The van der Waals surface area contributed by atoms with Crippen LogP contribution in [0.4, 0.5) is 0 Å². The van der Waals surface area contributed by atoms with Gasteiger partial charge in [0.15, 0.2) is 0 Å². The van der Waals surface area contributed by atoms with Crippen molar-refractivity contribution in [1.29, 1.82) is 0 Å². The van der Waals surface area contributed by atoms with Gasteiger partial charge in [0.25, 0.3) is 0 Å². The number of halogens is 2. The summed E-state index contributed by atoms with van der Waals surface area (Å²) in [5, 5.41) is 4.71. The molecule has 0 aliphatic heterocycles. The van der Waals surface area contributed by atoms with E-state index in [9.17, 15) is 4.79 Å². The van der Waals surface area contributed by atoms with Gasteiger partial charge in [-0.3, -0.25) is 4.79 Å². The molecule has 0 bridgehead atoms. The topological polar surface area (TPSA) is 65.2 Å². The molecule has 100 valence electrons. The lowest BCUT2D eigenvalue weighted by atomic mass is 10.2. The van der Waals surface area contributed by atoms with E-state index >= 15 is 0 Å². The monoisotopic (exact) mass is 300 g/mol. The fourth-order valence-electron chi connectivity index (χ4n) is 1.46. The van der Waals surface area contributed by atoms with E-state index < -0.39 is 5.97 Å². The minimum Gasteiger partial charge on any atom is -0.466 e. The van der Waals surface area contributed by atoms with Gasteiger partial charge in [-0.25, -0.2) is 0 Å². The Bertz CT molecular complexity index is 578. The average molecular weight is 301 g/mol. The third kappa shape index (κ3) is 3.68. The van der Waals surface area contributed by atoms with Crippen LogP contribution in [0, 0.1) is 0 Å². The van der Waals surface area contributed by atoms with Crippen LogP contribution < -0.4 is 0 Å². The van der Waals surface area contributed by atoms with Gasteiger partial charge in [-0.1, -0.05) is 28.4 Å². The highest BCUT2D eigenvalue weighted by molar-refractivity contribution is 6.35. The highest BCUT2D eigenvalue weighted by Gasteiger charge is 2.13. The fraction of sp³-hybridized carbons (Fsp3) is 0.250. The Morgan fingerprint density at radius 2 is 2.00 bits per heavy atom. The molecule has 0 saturated carbocycles. The molecule has 0 amide bonds. The summed E-state index contributed by atoms with van der Waals surface area (Å²) in [6.45, 7) is 2.04. The molecule has 1 aromatic carbocycles. The van der Waals surface area contributed by atoms with Crippen LogP contribution in [0.15, 0.2) is 22.7 Å². The number of hydrogen-bond donors (Lipinski definition) is 0. The van der Waals surface area contributed by atoms with Crippen LogP contribution in [0.2, 0.25) is 10.0 Å². The number of ether oxygens (including phenoxy) is 1. The zero-order valence-corrected chi connectivity index (χ0v) is 11.5. The summed E-state index contributed by atoms with van der Waals surface area (Å²) >= 11 is 11.8. The quantitative estimate of drug-likeness (QED) is 0.812. The van der Waals surface area contributed by atoms with Gasteiger partial charge in [0, 0.05) is 15.6 Å². The van der Waals surface area contributed by atoms with Gasteiger partial charge < -0.3 is 9.26 Å². The SMILES string of the molecule is CCOC(=O)Cc1nc(-c2cc(Cl)cc(Cl)c2)no1. The van der Waals surface area contributed by atoms with Gasteiger partial charge in [0.05, 0.1) is 6.61 Å². The standard InChI is InChI=1S/C12H10Cl2N2O3/c1-2-18-11(17)6-10-15-12(16-19-10)7-3-8(13)5-9(14)4-7/h3-5H,2,6H2,1H3. The second-order valence-electron chi connectivity index (χ2n) is 3.65. The normalized spacial score (nSPS) is 10.5. The van der Waals surface area contributed by atoms with Gasteiger partial charge in [-0.15, -0.1) is 0 Å². The maximum Gasteiger partial charge on any atom is 0.315 e. The molecule has 0 saturated heterocycles. The molecule has 0 aliphatic carbocycles. The summed E-state index contributed by atoms with van der Waals surface area (Å²) in [5.74, 6) is 0.0927. The summed E-state index contributed by atoms with van der Waals surface area (Å²) in [5.41, 5.74) is 0.622. The number of benzene rings is 1. The second kappa shape index (κ2) is 6.04. The number of esters is 1. The third-order valence-electron chi connectivity index (χ3n) is 2.19. The van der Waals surface area contributed by atoms with E-state index in [2.05, 4.69) is 10.1 Å². The first-order valence-corrected chi connectivity index (χ1v) is 6.28. The van der Waals surface area contributed by atoms with Crippen LogP contribution in [0.3, 0.4) is 0 Å². The number of rotatable bonds is 4. The van der Waals surface area contributed by atoms with Gasteiger partial charge in [-0.05, 0) is 25.1 Å². The molecule has 0 atom stereocenters. The maximum absolute atomic E-state index is 11.3. The van der Waals surface area contributed by atoms with E-state index in [0.29, 0.717) is 28.0 Å². The van der Waals surface area contributed by atoms with E-state index in [0.717, 1.165) is 0 Å². The maximum atomic E-state index is 11.3. The van der Waals surface area contributed by atoms with Crippen LogP contribution in [0.25, 0.3) is 11.4 Å². The smallest absolute Gasteiger partial charge is 0.315 e. The number of carbonyl (C=O) groups excluding carboxylic acids is 1. The van der Waals surface area contributed by atoms with E-state index in [1.165, 1.54) is 0 Å². The lowest BCUT2D eigenvalue weighted by Gasteiger charge is -1.97. The van der Waals surface area contributed by atoms with Gasteiger partial charge >= 0.3 is 5.97 Å². The van der Waals surface area contributed by atoms with Crippen molar-refractivity contribution in [2.75, 3.05) is 6.61 Å². The largest absolute Gasteiger partial charge is 0.466 e. The van der Waals surface area contributed by atoms with E-state index in [1.54, 1.807) is 25.1 Å². The van der Waals surface area contributed by atoms with Crippen molar-refractivity contribution in [3.05, 3.63) is 34.1 Å². The molecule has 2 rings (SSSR count). The van der Waals surface area contributed by atoms with Crippen LogP contribution >= 0.6 is 23.2 Å². The molecule has 5 nitrogen and oxygen atoms in total. The van der Waals surface area contributed by atoms with Crippen molar-refractivity contribution in [1.82, 2.24) is 10.1 Å². The summed E-state index contributed by atoms with van der Waals surface area (Å²) in [4.78, 5) is 15.4. The Labute approximate surface area is 119 Å². The number of nitrogens with zero attached hydrogens (tertiary/aromatic N) is 2. The molecule has 2 aromatic rings. The van der Waals surface area contributed by atoms with Crippen molar-refractivity contribution in [2.45, 2.75) is 13.3 Å². The molecular formula is C12H10Cl2N2O3. The Balaban J connectivity index is 2.18. The zero-order chi connectivity index (χ0) is 13.8. The Kier molecular flexibility index (Phi) is 4.39.